The summed E-state index contributed by atoms with van der Waals surface area (Å²) in [5, 5.41) is 22.6. The van der Waals surface area contributed by atoms with Crippen LogP contribution in [0.5, 0.6) is 5.75 Å². The number of oxime groups is 1. The molecule has 3 amide bonds. The topological polar surface area (TPSA) is 172 Å². The minimum atomic E-state index is -1.54. The molecule has 4 heterocycles. The molecule has 1 unspecified atom stereocenters. The van der Waals surface area contributed by atoms with E-state index in [9.17, 15) is 24.3 Å². The number of benzene rings is 1. The zero-order valence-electron chi connectivity index (χ0n) is 22.6. The summed E-state index contributed by atoms with van der Waals surface area (Å²) in [5.41, 5.74) is 1.06. The molecule has 1 fully saturated rings. The Morgan fingerprint density at radius 2 is 2.02 bits per heavy atom. The maximum atomic E-state index is 13.1. The number of carbonyl (C=O) groups is 4. The average Bonchev–Trinajstić information content (AvgIpc) is 3.63. The van der Waals surface area contributed by atoms with Gasteiger partial charge < -0.3 is 20.0 Å². The number of anilines is 1. The van der Waals surface area contributed by atoms with Gasteiger partial charge in [-0.3, -0.25) is 24.6 Å². The third-order valence-electron chi connectivity index (χ3n) is 6.11. The number of aryl methyl sites for hydroxylation is 1. The van der Waals surface area contributed by atoms with Crippen molar-refractivity contribution >= 4 is 81.2 Å². The quantitative estimate of drug-likeness (QED) is 0.113. The minimum absolute atomic E-state index is 0.0594. The third-order valence-corrected chi connectivity index (χ3v) is 10.6. The van der Waals surface area contributed by atoms with Crippen molar-refractivity contribution in [3.63, 3.8) is 0 Å². The molecule has 2 atom stereocenters. The first kappa shape index (κ1) is 30.5. The molecular weight excluding hydrogens is 637 g/mol. The van der Waals surface area contributed by atoms with Gasteiger partial charge in [0.2, 0.25) is 5.91 Å². The van der Waals surface area contributed by atoms with Crippen LogP contribution in [0, 0.1) is 6.92 Å². The number of amides is 3. The molecule has 17 heteroatoms. The highest BCUT2D eigenvalue weighted by atomic mass is 32.2. The number of fused-ring (bicyclic) bond motifs is 1. The van der Waals surface area contributed by atoms with E-state index in [-0.39, 0.29) is 46.8 Å². The van der Waals surface area contributed by atoms with Crippen LogP contribution in [0.15, 0.2) is 61.9 Å². The number of ether oxygens (including phenoxy) is 1. The summed E-state index contributed by atoms with van der Waals surface area (Å²) in [4.78, 5) is 64.5. The summed E-state index contributed by atoms with van der Waals surface area (Å²) in [5.74, 6) is -2.22. The first-order valence-corrected chi connectivity index (χ1v) is 16.2. The molecule has 43 heavy (non-hydrogen) atoms. The summed E-state index contributed by atoms with van der Waals surface area (Å²) in [6.45, 7) is 1.58. The largest absolute Gasteiger partial charge is 0.484 e. The Hall–Kier alpha value is -3.93. The summed E-state index contributed by atoms with van der Waals surface area (Å²) >= 11 is 4.95. The van der Waals surface area contributed by atoms with E-state index >= 15 is 0 Å². The zero-order valence-corrected chi connectivity index (χ0v) is 25.9. The Balaban J connectivity index is 1.51. The highest BCUT2D eigenvalue weighted by molar-refractivity contribution is 8.02. The predicted octanol–water partition coefficient (Wildman–Crippen LogP) is 3.26. The predicted molar refractivity (Wildman–Crippen MR) is 163 cm³/mol. The normalized spacial score (nSPS) is 19.5. The van der Waals surface area contributed by atoms with Crippen LogP contribution in [-0.4, -0.2) is 74.7 Å². The highest BCUT2D eigenvalue weighted by Gasteiger charge is 2.57. The zero-order chi connectivity index (χ0) is 30.6. The number of β-lactam (4-membered cyclic amide) rings is 1. The Kier molecular flexibility index (Phi) is 9.34. The number of carbonyl (C=O) groups excluding carboxylic acids is 3. The van der Waals surface area contributed by atoms with Gasteiger partial charge in [0.15, 0.2) is 16.6 Å². The fourth-order valence-corrected chi connectivity index (χ4v) is 8.82. The fourth-order valence-electron chi connectivity index (χ4n) is 4.28. The van der Waals surface area contributed by atoms with Crippen LogP contribution in [0.4, 0.5) is 5.13 Å². The van der Waals surface area contributed by atoms with Gasteiger partial charge in [0.05, 0.1) is 17.5 Å². The van der Waals surface area contributed by atoms with Gasteiger partial charge in [-0.2, -0.15) is 0 Å². The molecule has 0 saturated carbocycles. The van der Waals surface area contributed by atoms with Crippen LogP contribution in [0.3, 0.4) is 0 Å². The summed E-state index contributed by atoms with van der Waals surface area (Å²) in [7, 11) is 1.28. The Morgan fingerprint density at radius 1 is 1.23 bits per heavy atom. The Morgan fingerprint density at radius 3 is 2.70 bits per heavy atom. The molecule has 1 saturated heterocycles. The molecule has 3 aromatic rings. The second kappa shape index (κ2) is 13.2. The van der Waals surface area contributed by atoms with Crippen molar-refractivity contribution < 1.29 is 33.9 Å². The number of nitrogens with one attached hydrogen (secondary N) is 2. The maximum absolute atomic E-state index is 13.1. The van der Waals surface area contributed by atoms with Crippen molar-refractivity contribution in [2.24, 2.45) is 5.16 Å². The number of carboxylic acid groups (broad SMARTS) is 1. The van der Waals surface area contributed by atoms with Crippen LogP contribution in [-0.2, 0) is 28.9 Å². The summed E-state index contributed by atoms with van der Waals surface area (Å²) in [6, 6.07) is 8.85. The van der Waals surface area contributed by atoms with Gasteiger partial charge in [-0.1, -0.05) is 46.9 Å². The van der Waals surface area contributed by atoms with Gasteiger partial charge in [-0.15, -0.1) is 22.7 Å². The van der Waals surface area contributed by atoms with Gasteiger partial charge in [-0.05, 0) is 19.1 Å². The number of thiazole rings is 2. The molecule has 2 aliphatic heterocycles. The van der Waals surface area contributed by atoms with Crippen molar-refractivity contribution in [2.75, 3.05) is 24.8 Å². The molecule has 5 rings (SSSR count). The smallest absolute Gasteiger partial charge is 0.352 e. The summed E-state index contributed by atoms with van der Waals surface area (Å²) < 4.78 is 6.19. The molecule has 0 radical (unpaired) electrons. The molecule has 0 spiro atoms. The number of thioether (sulfide) groups is 2. The monoisotopic (exact) mass is 660 g/mol. The lowest BCUT2D eigenvalue weighted by atomic mass is 9.98. The van der Waals surface area contributed by atoms with Gasteiger partial charge in [0, 0.05) is 27.8 Å². The lowest BCUT2D eigenvalue weighted by Crippen LogP contribution is -2.61. The second-order valence-electron chi connectivity index (χ2n) is 8.99. The number of rotatable bonds is 12. The molecule has 224 valence electrons. The van der Waals surface area contributed by atoms with Crippen LogP contribution in [0.2, 0.25) is 0 Å². The van der Waals surface area contributed by atoms with E-state index in [0.717, 1.165) is 23.2 Å². The molecule has 2 aromatic heterocycles. The molecular formula is C26H24N6O7S4. The number of nitrogens with zero attached hydrogens (tertiary/aromatic N) is 4. The number of aliphatic carboxylic acids is 1. The van der Waals surface area contributed by atoms with Gasteiger partial charge in [0.25, 0.3) is 11.8 Å². The second-order valence-corrected chi connectivity index (χ2v) is 13.3. The van der Waals surface area contributed by atoms with Crippen molar-refractivity contribution in [2.45, 2.75) is 27.9 Å². The van der Waals surface area contributed by atoms with E-state index < -0.39 is 28.0 Å². The number of hydrogen-bond acceptors (Lipinski definition) is 13. The van der Waals surface area contributed by atoms with Crippen LogP contribution in [0.25, 0.3) is 0 Å². The van der Waals surface area contributed by atoms with E-state index in [1.54, 1.807) is 29.6 Å². The number of hydrogen-bond donors (Lipinski definition) is 3. The van der Waals surface area contributed by atoms with Gasteiger partial charge >= 0.3 is 5.97 Å². The average molecular weight is 661 g/mol. The molecule has 2 aliphatic rings. The SMILES string of the molecule is CON=CC(=O)NC1(c2csc(NC(=O)COc3ccccc3)n2)S[C@H]2CC(=O)N2C(C(=O)O)=C1CSc1nc(C)cs1. The molecule has 3 N–H and O–H groups in total. The van der Waals surface area contributed by atoms with Crippen LogP contribution >= 0.6 is 46.2 Å². The first-order valence-electron chi connectivity index (χ1n) is 12.5. The number of para-hydroxylation sites is 1. The fraction of sp³-hybridized carbons (Fsp3) is 0.269. The standard InChI is InChI=1S/C26H24N6O7S4/c1-14-11-41-25(28-14)42-12-16-22(23(36)37)32-20(35)8-21(32)43-26(16,31-18(33)9-27-38-2)17-13-40-24(29-17)30-19(34)10-39-15-6-4-3-5-7-15/h3-7,9,11,13,21H,8,10,12H2,1-2H3,(H,31,33)(H,36,37)(H,29,30,34)/t21-,26?/m0/s1. The van der Waals surface area contributed by atoms with Crippen molar-refractivity contribution in [1.82, 2.24) is 20.2 Å². The van der Waals surface area contributed by atoms with Crippen molar-refractivity contribution in [3.8, 4) is 5.75 Å². The van der Waals surface area contributed by atoms with Crippen molar-refractivity contribution in [1.29, 1.82) is 0 Å². The van der Waals surface area contributed by atoms with E-state index in [0.29, 0.717) is 10.1 Å². The molecule has 0 aliphatic carbocycles. The summed E-state index contributed by atoms with van der Waals surface area (Å²) in [6.07, 6.45) is 0.994. The highest BCUT2D eigenvalue weighted by Crippen LogP contribution is 2.55. The lowest BCUT2D eigenvalue weighted by Gasteiger charge is -2.51. The Bertz CT molecular complexity index is 1610. The van der Waals surface area contributed by atoms with Crippen molar-refractivity contribution in [3.05, 3.63) is 63.7 Å². The lowest BCUT2D eigenvalue weighted by molar-refractivity contribution is -0.146. The van der Waals surface area contributed by atoms with Crippen LogP contribution < -0.4 is 15.4 Å². The van der Waals surface area contributed by atoms with Gasteiger partial charge in [0.1, 0.15) is 29.1 Å². The van der Waals surface area contributed by atoms with E-state index in [2.05, 4.69) is 30.6 Å². The maximum Gasteiger partial charge on any atom is 0.352 e. The van der Waals surface area contributed by atoms with E-state index in [4.69, 9.17) is 4.74 Å². The molecule has 13 nitrogen and oxygen atoms in total. The molecule has 0 bridgehead atoms. The third kappa shape index (κ3) is 6.69. The minimum Gasteiger partial charge on any atom is -0.484 e. The van der Waals surface area contributed by atoms with E-state index in [1.165, 1.54) is 46.9 Å². The van der Waals surface area contributed by atoms with Crippen LogP contribution in [0.1, 0.15) is 17.8 Å². The number of carboxylic acids is 1. The van der Waals surface area contributed by atoms with E-state index in [1.807, 2.05) is 18.4 Å². The molecule has 1 aromatic carbocycles. The van der Waals surface area contributed by atoms with Gasteiger partial charge in [-0.25, -0.2) is 14.8 Å². The Labute approximate surface area is 261 Å². The first-order chi connectivity index (χ1) is 20.7. The number of aromatic nitrogens is 2.